The molecule has 7 nitrogen and oxygen atoms in total. The van der Waals surface area contributed by atoms with Gasteiger partial charge in [0.25, 0.3) is 5.91 Å². The maximum Gasteiger partial charge on any atom is 0.312 e. The average molecular weight is 416 g/mol. The lowest BCUT2D eigenvalue weighted by Crippen LogP contribution is -2.30. The van der Waals surface area contributed by atoms with Crippen molar-refractivity contribution in [3.8, 4) is 0 Å². The first-order valence-electron chi connectivity index (χ1n) is 9.68. The van der Waals surface area contributed by atoms with Crippen molar-refractivity contribution in [2.45, 2.75) is 52.1 Å². The van der Waals surface area contributed by atoms with Gasteiger partial charge in [-0.25, -0.2) is 4.98 Å². The van der Waals surface area contributed by atoms with Gasteiger partial charge in [-0.1, -0.05) is 26.0 Å². The number of amides is 2. The second-order valence-corrected chi connectivity index (χ2v) is 8.18. The van der Waals surface area contributed by atoms with Crippen molar-refractivity contribution >= 4 is 39.9 Å². The molecule has 1 saturated heterocycles. The molecule has 0 bridgehead atoms. The summed E-state index contributed by atoms with van der Waals surface area (Å²) in [6, 6.07) is 7.58. The largest absolute Gasteiger partial charge is 0.452 e. The Bertz CT molecular complexity index is 892. The standard InChI is InChI=1S/C21H25N3O4S/c1-13(2)15-6-8-16(9-7-15)22-20(27)14(3)28-19(26)11-17-12-29-21(23-17)24-10-4-5-18(24)25/h6-9,12-14H,4-5,10-11H2,1-3H3,(H,22,27)/t14-/m1/s1. The fourth-order valence-corrected chi connectivity index (χ4v) is 3.86. The summed E-state index contributed by atoms with van der Waals surface area (Å²) in [5.41, 5.74) is 2.37. The molecule has 1 fully saturated rings. The number of esters is 1. The van der Waals surface area contributed by atoms with Gasteiger partial charge in [-0.2, -0.15) is 0 Å². The number of nitrogens with zero attached hydrogens (tertiary/aromatic N) is 2. The molecular weight excluding hydrogens is 390 g/mol. The van der Waals surface area contributed by atoms with Gasteiger partial charge in [-0.3, -0.25) is 19.3 Å². The minimum atomic E-state index is -0.925. The molecule has 0 spiro atoms. The van der Waals surface area contributed by atoms with Crippen LogP contribution in [0.5, 0.6) is 0 Å². The highest BCUT2D eigenvalue weighted by Gasteiger charge is 2.25. The van der Waals surface area contributed by atoms with Crippen LogP contribution in [-0.2, 0) is 25.5 Å². The van der Waals surface area contributed by atoms with E-state index < -0.39 is 18.0 Å². The Balaban J connectivity index is 1.50. The summed E-state index contributed by atoms with van der Waals surface area (Å²) in [5, 5.41) is 5.09. The lowest BCUT2D eigenvalue weighted by Gasteiger charge is -2.14. The van der Waals surface area contributed by atoms with Crippen LogP contribution in [-0.4, -0.2) is 35.4 Å². The van der Waals surface area contributed by atoms with E-state index in [0.717, 1.165) is 6.42 Å². The number of ether oxygens (including phenoxy) is 1. The Morgan fingerprint density at radius 1 is 1.24 bits per heavy atom. The first-order valence-corrected chi connectivity index (χ1v) is 10.6. The normalized spacial score (nSPS) is 14.9. The zero-order valence-electron chi connectivity index (χ0n) is 16.8. The van der Waals surface area contributed by atoms with Crippen LogP contribution in [0.3, 0.4) is 0 Å². The molecule has 0 unspecified atom stereocenters. The summed E-state index contributed by atoms with van der Waals surface area (Å²) < 4.78 is 5.24. The molecule has 8 heteroatoms. The Kier molecular flexibility index (Phi) is 6.64. The topological polar surface area (TPSA) is 88.6 Å². The molecule has 1 aromatic carbocycles. The van der Waals surface area contributed by atoms with E-state index in [1.807, 2.05) is 24.3 Å². The molecule has 1 atom stereocenters. The lowest BCUT2D eigenvalue weighted by atomic mass is 10.0. The van der Waals surface area contributed by atoms with Crippen LogP contribution in [0.2, 0.25) is 0 Å². The molecule has 29 heavy (non-hydrogen) atoms. The second-order valence-electron chi connectivity index (χ2n) is 7.35. The maximum absolute atomic E-state index is 12.3. The number of nitrogens with one attached hydrogen (secondary N) is 1. The van der Waals surface area contributed by atoms with Gasteiger partial charge in [-0.05, 0) is 37.0 Å². The van der Waals surface area contributed by atoms with Crippen molar-refractivity contribution < 1.29 is 19.1 Å². The molecule has 3 rings (SSSR count). The SMILES string of the molecule is CC(C)c1ccc(NC(=O)[C@@H](C)OC(=O)Cc2csc(N3CCCC3=O)n2)cc1. The van der Waals surface area contributed by atoms with Crippen molar-refractivity contribution in [2.75, 3.05) is 16.8 Å². The van der Waals surface area contributed by atoms with Crippen LogP contribution in [0.15, 0.2) is 29.6 Å². The molecule has 154 valence electrons. The predicted molar refractivity (Wildman–Crippen MR) is 112 cm³/mol. The summed E-state index contributed by atoms with van der Waals surface area (Å²) in [6.07, 6.45) is 0.386. The van der Waals surface area contributed by atoms with E-state index in [1.54, 1.807) is 10.3 Å². The van der Waals surface area contributed by atoms with Gasteiger partial charge in [-0.15, -0.1) is 11.3 Å². The van der Waals surface area contributed by atoms with Gasteiger partial charge in [0, 0.05) is 24.0 Å². The number of anilines is 2. The number of thiazole rings is 1. The molecule has 2 aromatic rings. The fraction of sp³-hybridized carbons (Fsp3) is 0.429. The summed E-state index contributed by atoms with van der Waals surface area (Å²) in [4.78, 5) is 42.2. The molecular formula is C21H25N3O4S. The second kappa shape index (κ2) is 9.17. The van der Waals surface area contributed by atoms with E-state index in [-0.39, 0.29) is 12.3 Å². The average Bonchev–Trinajstić information content (AvgIpc) is 3.30. The smallest absolute Gasteiger partial charge is 0.312 e. The predicted octanol–water partition coefficient (Wildman–Crippen LogP) is 3.51. The van der Waals surface area contributed by atoms with E-state index in [9.17, 15) is 14.4 Å². The van der Waals surface area contributed by atoms with Crippen molar-refractivity contribution in [3.63, 3.8) is 0 Å². The van der Waals surface area contributed by atoms with Crippen molar-refractivity contribution in [1.29, 1.82) is 0 Å². The van der Waals surface area contributed by atoms with E-state index in [2.05, 4.69) is 24.1 Å². The number of carbonyl (C=O) groups excluding carboxylic acids is 3. The number of carbonyl (C=O) groups is 3. The summed E-state index contributed by atoms with van der Waals surface area (Å²) >= 11 is 1.33. The highest BCUT2D eigenvalue weighted by atomic mass is 32.1. The first-order chi connectivity index (χ1) is 13.8. The summed E-state index contributed by atoms with van der Waals surface area (Å²) in [5.74, 6) is -0.459. The van der Waals surface area contributed by atoms with Gasteiger partial charge >= 0.3 is 5.97 Å². The van der Waals surface area contributed by atoms with Gasteiger partial charge in [0.1, 0.15) is 0 Å². The van der Waals surface area contributed by atoms with Crippen LogP contribution in [0.4, 0.5) is 10.8 Å². The Morgan fingerprint density at radius 3 is 2.59 bits per heavy atom. The zero-order chi connectivity index (χ0) is 21.0. The highest BCUT2D eigenvalue weighted by molar-refractivity contribution is 7.14. The molecule has 1 aliphatic rings. The number of hydrogen-bond acceptors (Lipinski definition) is 6. The van der Waals surface area contributed by atoms with Crippen LogP contribution in [0, 0.1) is 0 Å². The van der Waals surface area contributed by atoms with Crippen molar-refractivity contribution in [2.24, 2.45) is 0 Å². The van der Waals surface area contributed by atoms with E-state index in [0.29, 0.717) is 35.4 Å². The minimum absolute atomic E-state index is 0.0424. The number of benzene rings is 1. The third-order valence-corrected chi connectivity index (χ3v) is 5.60. The number of rotatable bonds is 7. The Labute approximate surface area is 174 Å². The monoisotopic (exact) mass is 415 g/mol. The summed E-state index contributed by atoms with van der Waals surface area (Å²) in [6.45, 7) is 6.39. The van der Waals surface area contributed by atoms with E-state index in [4.69, 9.17) is 4.74 Å². The van der Waals surface area contributed by atoms with Crippen LogP contribution < -0.4 is 10.2 Å². The molecule has 0 radical (unpaired) electrons. The molecule has 1 N–H and O–H groups in total. The number of aromatic nitrogens is 1. The van der Waals surface area contributed by atoms with Gasteiger partial charge in [0.2, 0.25) is 5.91 Å². The van der Waals surface area contributed by atoms with E-state index in [1.165, 1.54) is 23.8 Å². The van der Waals surface area contributed by atoms with Crippen LogP contribution in [0.25, 0.3) is 0 Å². The zero-order valence-corrected chi connectivity index (χ0v) is 17.6. The van der Waals surface area contributed by atoms with Crippen molar-refractivity contribution in [3.05, 3.63) is 40.9 Å². The van der Waals surface area contributed by atoms with Crippen LogP contribution >= 0.6 is 11.3 Å². The molecule has 0 saturated carbocycles. The minimum Gasteiger partial charge on any atom is -0.452 e. The Morgan fingerprint density at radius 2 is 1.97 bits per heavy atom. The lowest BCUT2D eigenvalue weighted by molar-refractivity contribution is -0.152. The summed E-state index contributed by atoms with van der Waals surface area (Å²) in [7, 11) is 0. The molecule has 1 aromatic heterocycles. The third kappa shape index (κ3) is 5.41. The fourth-order valence-electron chi connectivity index (χ4n) is 2.99. The quantitative estimate of drug-likeness (QED) is 0.699. The molecule has 0 aliphatic carbocycles. The molecule has 1 aliphatic heterocycles. The molecule has 2 heterocycles. The molecule has 2 amide bonds. The first kappa shape index (κ1) is 21.0. The van der Waals surface area contributed by atoms with Gasteiger partial charge < -0.3 is 10.1 Å². The van der Waals surface area contributed by atoms with Gasteiger partial charge in [0.05, 0.1) is 12.1 Å². The van der Waals surface area contributed by atoms with Crippen molar-refractivity contribution in [1.82, 2.24) is 4.98 Å². The maximum atomic E-state index is 12.3. The van der Waals surface area contributed by atoms with Gasteiger partial charge in [0.15, 0.2) is 11.2 Å². The van der Waals surface area contributed by atoms with Crippen LogP contribution in [0.1, 0.15) is 50.8 Å². The third-order valence-electron chi connectivity index (χ3n) is 4.69. The van der Waals surface area contributed by atoms with E-state index >= 15 is 0 Å². The highest BCUT2D eigenvalue weighted by Crippen LogP contribution is 2.25. The Hall–Kier alpha value is -2.74. The number of hydrogen-bond donors (Lipinski definition) is 1.